The van der Waals surface area contributed by atoms with Crippen LogP contribution in [0.4, 0.5) is 4.39 Å². The third-order valence-corrected chi connectivity index (χ3v) is 2.87. The van der Waals surface area contributed by atoms with E-state index in [1.54, 1.807) is 0 Å². The van der Waals surface area contributed by atoms with Crippen LogP contribution < -0.4 is 5.69 Å². The Hall–Kier alpha value is -1.58. The third-order valence-electron chi connectivity index (χ3n) is 2.87. The van der Waals surface area contributed by atoms with E-state index in [9.17, 15) is 9.18 Å². The number of benzene rings is 1. The van der Waals surface area contributed by atoms with Crippen LogP contribution in [0.1, 0.15) is 38.2 Å². The largest absolute Gasteiger partial charge is 0.323 e. The van der Waals surface area contributed by atoms with Crippen molar-refractivity contribution < 1.29 is 4.39 Å². The van der Waals surface area contributed by atoms with Crippen LogP contribution >= 0.6 is 0 Å². The van der Waals surface area contributed by atoms with E-state index in [0.29, 0.717) is 5.52 Å². The molecule has 0 fully saturated rings. The molecule has 4 heteroatoms. The number of halogens is 1. The normalized spacial score (nSPS) is 13.2. The molecule has 0 bridgehead atoms. The van der Waals surface area contributed by atoms with E-state index in [1.807, 2.05) is 6.92 Å². The minimum Gasteiger partial charge on any atom is -0.306 e. The van der Waals surface area contributed by atoms with Crippen LogP contribution in [0.3, 0.4) is 0 Å². The van der Waals surface area contributed by atoms with Crippen LogP contribution in [0.15, 0.2) is 16.9 Å². The number of aromatic amines is 2. The summed E-state index contributed by atoms with van der Waals surface area (Å²) in [6.45, 7) is 4.13. The Morgan fingerprint density at radius 1 is 1.38 bits per heavy atom. The lowest BCUT2D eigenvalue weighted by Gasteiger charge is -2.11. The van der Waals surface area contributed by atoms with Gasteiger partial charge in [0.25, 0.3) is 0 Å². The van der Waals surface area contributed by atoms with Gasteiger partial charge in [-0.05, 0) is 30.0 Å². The highest BCUT2D eigenvalue weighted by Crippen LogP contribution is 2.26. The predicted octanol–water partition coefficient (Wildman–Crippen LogP) is 2.90. The maximum absolute atomic E-state index is 13.4. The monoisotopic (exact) mass is 222 g/mol. The molecule has 2 aromatic rings. The molecule has 0 saturated carbocycles. The third kappa shape index (κ3) is 1.87. The maximum atomic E-state index is 13.4. The summed E-state index contributed by atoms with van der Waals surface area (Å²) in [5.74, 6) is -0.0599. The molecular weight excluding hydrogens is 207 g/mol. The molecule has 16 heavy (non-hydrogen) atoms. The van der Waals surface area contributed by atoms with Crippen molar-refractivity contribution in [3.63, 3.8) is 0 Å². The van der Waals surface area contributed by atoms with Gasteiger partial charge in [0.1, 0.15) is 5.82 Å². The minimum atomic E-state index is -0.305. The summed E-state index contributed by atoms with van der Waals surface area (Å²) in [7, 11) is 0. The zero-order chi connectivity index (χ0) is 11.7. The molecule has 1 aromatic carbocycles. The standard InChI is InChI=1S/C12H15FN2O/c1-3-4-7(2)9-5-8(13)6-10-11(9)15-12(16)14-10/h5-7H,3-4H2,1-2H3,(H2,14,15,16). The first-order valence-electron chi connectivity index (χ1n) is 5.53. The van der Waals surface area contributed by atoms with Crippen LogP contribution in [0, 0.1) is 5.82 Å². The van der Waals surface area contributed by atoms with Gasteiger partial charge in [0.2, 0.25) is 0 Å². The Labute approximate surface area is 92.7 Å². The van der Waals surface area contributed by atoms with Crippen LogP contribution in [-0.2, 0) is 0 Å². The van der Waals surface area contributed by atoms with Crippen LogP contribution in [0.25, 0.3) is 11.0 Å². The Kier molecular flexibility index (Phi) is 2.81. The van der Waals surface area contributed by atoms with Gasteiger partial charge in [-0.3, -0.25) is 0 Å². The first kappa shape index (κ1) is 10.9. The highest BCUT2D eigenvalue weighted by molar-refractivity contribution is 5.78. The van der Waals surface area contributed by atoms with E-state index >= 15 is 0 Å². The fraction of sp³-hybridized carbons (Fsp3) is 0.417. The number of aromatic nitrogens is 2. The molecule has 0 saturated heterocycles. The Bertz CT molecular complexity index is 556. The number of fused-ring (bicyclic) bond motifs is 1. The summed E-state index contributed by atoms with van der Waals surface area (Å²) in [4.78, 5) is 16.5. The first-order chi connectivity index (χ1) is 7.61. The maximum Gasteiger partial charge on any atom is 0.323 e. The molecule has 2 N–H and O–H groups in total. The van der Waals surface area contributed by atoms with Gasteiger partial charge in [-0.1, -0.05) is 20.3 Å². The van der Waals surface area contributed by atoms with Crippen molar-refractivity contribution in [2.45, 2.75) is 32.6 Å². The summed E-state index contributed by atoms with van der Waals surface area (Å²) < 4.78 is 13.4. The SMILES string of the molecule is CCCC(C)c1cc(F)cc2[nH]c(=O)[nH]c12. The molecule has 1 unspecified atom stereocenters. The molecule has 0 aliphatic rings. The van der Waals surface area contributed by atoms with E-state index < -0.39 is 0 Å². The van der Waals surface area contributed by atoms with Gasteiger partial charge in [0.05, 0.1) is 11.0 Å². The average molecular weight is 222 g/mol. The van der Waals surface area contributed by atoms with E-state index in [4.69, 9.17) is 0 Å². The second kappa shape index (κ2) is 4.12. The minimum absolute atomic E-state index is 0.245. The number of nitrogens with one attached hydrogen (secondary N) is 2. The molecule has 0 radical (unpaired) electrons. The lowest BCUT2D eigenvalue weighted by atomic mass is 9.95. The molecule has 0 spiro atoms. The predicted molar refractivity (Wildman–Crippen MR) is 62.2 cm³/mol. The lowest BCUT2D eigenvalue weighted by molar-refractivity contribution is 0.616. The number of rotatable bonds is 3. The van der Waals surface area contributed by atoms with Crippen molar-refractivity contribution in [2.24, 2.45) is 0 Å². The van der Waals surface area contributed by atoms with Crippen molar-refractivity contribution in [1.29, 1.82) is 0 Å². The highest BCUT2D eigenvalue weighted by Gasteiger charge is 2.12. The van der Waals surface area contributed by atoms with Gasteiger partial charge in [-0.25, -0.2) is 9.18 Å². The smallest absolute Gasteiger partial charge is 0.306 e. The molecule has 1 heterocycles. The second-order valence-corrected chi connectivity index (χ2v) is 4.19. The van der Waals surface area contributed by atoms with Gasteiger partial charge in [-0.15, -0.1) is 0 Å². The molecule has 2 rings (SSSR count). The molecular formula is C12H15FN2O. The fourth-order valence-electron chi connectivity index (χ4n) is 2.11. The Morgan fingerprint density at radius 3 is 2.81 bits per heavy atom. The molecule has 0 aliphatic carbocycles. The van der Waals surface area contributed by atoms with E-state index in [2.05, 4.69) is 16.9 Å². The number of hydrogen-bond acceptors (Lipinski definition) is 1. The van der Waals surface area contributed by atoms with Gasteiger partial charge >= 0.3 is 5.69 Å². The molecule has 86 valence electrons. The van der Waals surface area contributed by atoms with E-state index in [-0.39, 0.29) is 17.4 Å². The molecule has 1 aromatic heterocycles. The summed E-state index contributed by atoms with van der Waals surface area (Å²) in [5.41, 5.74) is 1.86. The zero-order valence-electron chi connectivity index (χ0n) is 9.43. The highest BCUT2D eigenvalue weighted by atomic mass is 19.1. The van der Waals surface area contributed by atoms with Crippen LogP contribution in [0.2, 0.25) is 0 Å². The topological polar surface area (TPSA) is 48.6 Å². The quantitative estimate of drug-likeness (QED) is 0.824. The van der Waals surface area contributed by atoms with Crippen molar-refractivity contribution in [3.05, 3.63) is 34.0 Å². The average Bonchev–Trinajstić information content (AvgIpc) is 2.57. The Balaban J connectivity index is 2.62. The summed E-state index contributed by atoms with van der Waals surface area (Å²) in [5, 5.41) is 0. The summed E-state index contributed by atoms with van der Waals surface area (Å²) in [6, 6.07) is 2.85. The fourth-order valence-corrected chi connectivity index (χ4v) is 2.11. The molecule has 3 nitrogen and oxygen atoms in total. The van der Waals surface area contributed by atoms with Gasteiger partial charge in [0, 0.05) is 0 Å². The van der Waals surface area contributed by atoms with Crippen LogP contribution in [-0.4, -0.2) is 9.97 Å². The van der Waals surface area contributed by atoms with Gasteiger partial charge in [0.15, 0.2) is 0 Å². The summed E-state index contributed by atoms with van der Waals surface area (Å²) in [6.07, 6.45) is 2.01. The number of H-pyrrole nitrogens is 2. The van der Waals surface area contributed by atoms with Crippen molar-refractivity contribution in [3.8, 4) is 0 Å². The number of hydrogen-bond donors (Lipinski definition) is 2. The van der Waals surface area contributed by atoms with Crippen molar-refractivity contribution >= 4 is 11.0 Å². The van der Waals surface area contributed by atoms with Gasteiger partial charge in [-0.2, -0.15) is 0 Å². The zero-order valence-corrected chi connectivity index (χ0v) is 9.43. The molecule has 0 amide bonds. The molecule has 0 aliphatic heterocycles. The van der Waals surface area contributed by atoms with E-state index in [1.165, 1.54) is 12.1 Å². The van der Waals surface area contributed by atoms with E-state index in [0.717, 1.165) is 23.9 Å². The second-order valence-electron chi connectivity index (χ2n) is 4.19. The molecule has 1 atom stereocenters. The van der Waals surface area contributed by atoms with Crippen LogP contribution in [0.5, 0.6) is 0 Å². The van der Waals surface area contributed by atoms with Gasteiger partial charge < -0.3 is 9.97 Å². The number of imidazole rings is 1. The first-order valence-corrected chi connectivity index (χ1v) is 5.53. The van der Waals surface area contributed by atoms with Crippen molar-refractivity contribution in [1.82, 2.24) is 9.97 Å². The lowest BCUT2D eigenvalue weighted by Crippen LogP contribution is -2.00. The van der Waals surface area contributed by atoms with Crippen molar-refractivity contribution in [2.75, 3.05) is 0 Å². The Morgan fingerprint density at radius 2 is 2.12 bits per heavy atom. The summed E-state index contributed by atoms with van der Waals surface area (Å²) >= 11 is 0.